The Morgan fingerprint density at radius 2 is 1.81 bits per heavy atom. The van der Waals surface area contributed by atoms with E-state index in [1.54, 1.807) is 29.2 Å². The van der Waals surface area contributed by atoms with Crippen LogP contribution >= 0.6 is 27.7 Å². The van der Waals surface area contributed by atoms with Crippen molar-refractivity contribution in [2.24, 2.45) is 0 Å². The summed E-state index contributed by atoms with van der Waals surface area (Å²) in [5.74, 6) is 0.224. The lowest BCUT2D eigenvalue weighted by molar-refractivity contribution is -0.140. The van der Waals surface area contributed by atoms with E-state index in [0.717, 1.165) is 28.1 Å². The zero-order chi connectivity index (χ0) is 19.4. The van der Waals surface area contributed by atoms with Gasteiger partial charge in [0, 0.05) is 27.8 Å². The molecule has 0 atom stereocenters. The average molecular weight is 454 g/mol. The molecule has 8 heteroatoms. The summed E-state index contributed by atoms with van der Waals surface area (Å²) in [5.41, 5.74) is -0.0484. The van der Waals surface area contributed by atoms with E-state index < -0.39 is 11.7 Å². The SMILES string of the molecule is CCN(c1cccc(Br)c1)c1ncc(C(F)(F)F)c(Sc2ccccc2)n1. The second-order valence-corrected chi connectivity index (χ2v) is 7.50. The minimum absolute atomic E-state index is 0.118. The summed E-state index contributed by atoms with van der Waals surface area (Å²) < 4.78 is 41.2. The third-order valence-electron chi connectivity index (χ3n) is 3.68. The van der Waals surface area contributed by atoms with Gasteiger partial charge in [-0.1, -0.05) is 52.0 Å². The fourth-order valence-corrected chi connectivity index (χ4v) is 3.75. The van der Waals surface area contributed by atoms with E-state index in [1.165, 1.54) is 0 Å². The van der Waals surface area contributed by atoms with Crippen LogP contribution in [0.5, 0.6) is 0 Å². The van der Waals surface area contributed by atoms with Gasteiger partial charge in [-0.25, -0.2) is 9.97 Å². The van der Waals surface area contributed by atoms with Crippen molar-refractivity contribution in [1.82, 2.24) is 9.97 Å². The van der Waals surface area contributed by atoms with Gasteiger partial charge in [0.25, 0.3) is 0 Å². The lowest BCUT2D eigenvalue weighted by Gasteiger charge is -2.22. The molecule has 3 nitrogen and oxygen atoms in total. The molecule has 0 aliphatic carbocycles. The highest BCUT2D eigenvalue weighted by molar-refractivity contribution is 9.10. The minimum Gasteiger partial charge on any atom is -0.311 e. The van der Waals surface area contributed by atoms with Gasteiger partial charge in [-0.15, -0.1) is 0 Å². The topological polar surface area (TPSA) is 29.0 Å². The van der Waals surface area contributed by atoms with E-state index in [4.69, 9.17) is 0 Å². The van der Waals surface area contributed by atoms with Crippen LogP contribution in [0.3, 0.4) is 0 Å². The van der Waals surface area contributed by atoms with Crippen LogP contribution < -0.4 is 4.90 Å². The molecule has 0 saturated heterocycles. The summed E-state index contributed by atoms with van der Waals surface area (Å²) in [7, 11) is 0. The first-order valence-electron chi connectivity index (χ1n) is 8.08. The summed E-state index contributed by atoms with van der Waals surface area (Å²) in [6.45, 7) is 2.41. The standard InChI is InChI=1S/C19H15BrF3N3S/c1-2-26(14-8-6-7-13(20)11-14)18-24-12-16(19(21,22)23)17(25-18)27-15-9-4-3-5-10-15/h3-12H,2H2,1H3. The number of aromatic nitrogens is 2. The van der Waals surface area contributed by atoms with Crippen molar-refractivity contribution in [3.05, 3.63) is 70.8 Å². The third kappa shape index (κ3) is 4.81. The van der Waals surface area contributed by atoms with Gasteiger partial charge in [-0.3, -0.25) is 0 Å². The highest BCUT2D eigenvalue weighted by Gasteiger charge is 2.35. The second-order valence-electron chi connectivity index (χ2n) is 5.53. The lowest BCUT2D eigenvalue weighted by Crippen LogP contribution is -2.20. The van der Waals surface area contributed by atoms with E-state index in [-0.39, 0.29) is 11.0 Å². The molecule has 0 unspecified atom stereocenters. The van der Waals surface area contributed by atoms with Crippen molar-refractivity contribution in [1.29, 1.82) is 0 Å². The second kappa shape index (κ2) is 8.31. The first-order chi connectivity index (χ1) is 12.9. The van der Waals surface area contributed by atoms with Crippen molar-refractivity contribution in [2.45, 2.75) is 23.0 Å². The van der Waals surface area contributed by atoms with Gasteiger partial charge >= 0.3 is 6.18 Å². The zero-order valence-corrected chi connectivity index (χ0v) is 16.6. The maximum atomic E-state index is 13.4. The quantitative estimate of drug-likeness (QED) is 0.408. The largest absolute Gasteiger partial charge is 0.420 e. The van der Waals surface area contributed by atoms with E-state index >= 15 is 0 Å². The minimum atomic E-state index is -4.53. The van der Waals surface area contributed by atoms with Crippen molar-refractivity contribution >= 4 is 39.3 Å². The summed E-state index contributed by atoms with van der Waals surface area (Å²) in [4.78, 5) is 10.7. The normalized spacial score (nSPS) is 11.4. The molecule has 0 saturated carbocycles. The highest BCUT2D eigenvalue weighted by Crippen LogP contribution is 2.39. The molecule has 0 N–H and O–H groups in total. The fourth-order valence-electron chi connectivity index (χ4n) is 2.44. The van der Waals surface area contributed by atoms with Gasteiger partial charge in [-0.05, 0) is 37.3 Å². The Morgan fingerprint density at radius 1 is 1.07 bits per heavy atom. The highest BCUT2D eigenvalue weighted by atomic mass is 79.9. The number of benzene rings is 2. The molecule has 0 aliphatic rings. The summed E-state index contributed by atoms with van der Waals surface area (Å²) in [6, 6.07) is 16.3. The van der Waals surface area contributed by atoms with Gasteiger partial charge in [0.15, 0.2) is 0 Å². The predicted molar refractivity (Wildman–Crippen MR) is 104 cm³/mol. The Hall–Kier alpha value is -2.06. The van der Waals surface area contributed by atoms with E-state index in [2.05, 4.69) is 25.9 Å². The van der Waals surface area contributed by atoms with Crippen LogP contribution in [0.4, 0.5) is 24.8 Å². The van der Waals surface area contributed by atoms with Crippen molar-refractivity contribution < 1.29 is 13.2 Å². The fraction of sp³-hybridized carbons (Fsp3) is 0.158. The third-order valence-corrected chi connectivity index (χ3v) is 5.19. The lowest BCUT2D eigenvalue weighted by atomic mass is 10.3. The monoisotopic (exact) mass is 453 g/mol. The number of anilines is 2. The summed E-state index contributed by atoms with van der Waals surface area (Å²) >= 11 is 4.38. The van der Waals surface area contributed by atoms with Gasteiger partial charge in [-0.2, -0.15) is 13.2 Å². The van der Waals surface area contributed by atoms with Crippen LogP contribution in [0.1, 0.15) is 12.5 Å². The molecular formula is C19H15BrF3N3S. The molecule has 140 valence electrons. The number of alkyl halides is 3. The number of hydrogen-bond acceptors (Lipinski definition) is 4. The van der Waals surface area contributed by atoms with Crippen molar-refractivity contribution in [3.8, 4) is 0 Å². The van der Waals surface area contributed by atoms with Crippen LogP contribution in [-0.4, -0.2) is 16.5 Å². The molecule has 0 bridgehead atoms. The van der Waals surface area contributed by atoms with Crippen LogP contribution in [0.25, 0.3) is 0 Å². The van der Waals surface area contributed by atoms with Crippen LogP contribution in [0.15, 0.2) is 75.2 Å². The number of hydrogen-bond donors (Lipinski definition) is 0. The Bertz CT molecular complexity index is 920. The molecule has 3 rings (SSSR count). The number of nitrogens with zero attached hydrogens (tertiary/aromatic N) is 3. The first kappa shape index (κ1) is 19.7. The molecule has 0 fully saturated rings. The van der Waals surface area contributed by atoms with Gasteiger partial charge in [0.1, 0.15) is 10.6 Å². The average Bonchev–Trinajstić information content (AvgIpc) is 2.62. The van der Waals surface area contributed by atoms with E-state index in [9.17, 15) is 13.2 Å². The van der Waals surface area contributed by atoms with E-state index in [1.807, 2.05) is 37.3 Å². The molecule has 3 aromatic rings. The molecule has 27 heavy (non-hydrogen) atoms. The Balaban J connectivity index is 2.05. The number of rotatable bonds is 5. The van der Waals surface area contributed by atoms with Crippen LogP contribution in [0, 0.1) is 0 Å². The van der Waals surface area contributed by atoms with Crippen molar-refractivity contribution in [2.75, 3.05) is 11.4 Å². The smallest absolute Gasteiger partial charge is 0.311 e. The predicted octanol–water partition coefficient (Wildman–Crippen LogP) is 6.57. The van der Waals surface area contributed by atoms with Gasteiger partial charge < -0.3 is 4.90 Å². The zero-order valence-electron chi connectivity index (χ0n) is 14.2. The Morgan fingerprint density at radius 3 is 2.44 bits per heavy atom. The van der Waals surface area contributed by atoms with Gasteiger partial charge in [0.2, 0.25) is 5.95 Å². The van der Waals surface area contributed by atoms with Crippen LogP contribution in [-0.2, 0) is 6.18 Å². The van der Waals surface area contributed by atoms with Crippen molar-refractivity contribution in [3.63, 3.8) is 0 Å². The summed E-state index contributed by atoms with van der Waals surface area (Å²) in [5, 5.41) is -0.118. The Labute approximate surface area is 167 Å². The van der Waals surface area contributed by atoms with E-state index in [0.29, 0.717) is 11.4 Å². The molecular weight excluding hydrogens is 439 g/mol. The van der Waals surface area contributed by atoms with Gasteiger partial charge in [0.05, 0.1) is 0 Å². The number of halogens is 4. The molecule has 0 spiro atoms. The molecule has 0 radical (unpaired) electrons. The molecule has 0 aliphatic heterocycles. The summed E-state index contributed by atoms with van der Waals surface area (Å²) in [6.07, 6.45) is -3.67. The molecule has 2 aromatic carbocycles. The Kier molecular flexibility index (Phi) is 6.06. The van der Waals surface area contributed by atoms with Crippen LogP contribution in [0.2, 0.25) is 0 Å². The maximum Gasteiger partial charge on any atom is 0.420 e. The molecule has 0 amide bonds. The molecule has 1 aromatic heterocycles. The first-order valence-corrected chi connectivity index (χ1v) is 9.69. The maximum absolute atomic E-state index is 13.4. The molecule has 1 heterocycles.